The van der Waals surface area contributed by atoms with Gasteiger partial charge in [0.15, 0.2) is 0 Å². The summed E-state index contributed by atoms with van der Waals surface area (Å²) in [5.74, 6) is 0.332. The van der Waals surface area contributed by atoms with Crippen molar-refractivity contribution in [2.75, 3.05) is 39.3 Å². The number of urea groups is 1. The minimum atomic E-state index is -0.314. The van der Waals surface area contributed by atoms with Gasteiger partial charge in [-0.05, 0) is 51.7 Å². The number of hydrogen-bond acceptors (Lipinski definition) is 4. The molecule has 3 fully saturated rings. The predicted molar refractivity (Wildman–Crippen MR) is 116 cm³/mol. The van der Waals surface area contributed by atoms with E-state index in [4.69, 9.17) is 0 Å². The molecule has 1 unspecified atom stereocenters. The zero-order chi connectivity index (χ0) is 21.4. The highest BCUT2D eigenvalue weighted by Gasteiger charge is 2.64. The largest absolute Gasteiger partial charge is 0.342 e. The monoisotopic (exact) mass is 413 g/mol. The standard InChI is InChI=1S/C23H35N5O2/c1-4-27-13-9-23(20(27)29)17-26(15-19-6-5-10-24-14-19)16-22(23)7-11-28(12-8-22)21(30)25-18(2)3/h5-6,10,14,18H,4,7-9,11-13,15-17H2,1-3H3,(H,25,30). The van der Waals surface area contributed by atoms with Crippen LogP contribution in [0.3, 0.4) is 0 Å². The Morgan fingerprint density at radius 3 is 2.57 bits per heavy atom. The Morgan fingerprint density at radius 2 is 1.97 bits per heavy atom. The van der Waals surface area contributed by atoms with Crippen LogP contribution in [0.2, 0.25) is 0 Å². The van der Waals surface area contributed by atoms with Crippen molar-refractivity contribution >= 4 is 11.9 Å². The van der Waals surface area contributed by atoms with Crippen LogP contribution in [-0.4, -0.2) is 76.9 Å². The van der Waals surface area contributed by atoms with E-state index < -0.39 is 0 Å². The SMILES string of the molecule is CCN1CCC2(CN(Cc3cccnc3)CC23CCN(C(=O)NC(C)C)CC3)C1=O. The minimum absolute atomic E-state index is 0.0204. The minimum Gasteiger partial charge on any atom is -0.342 e. The Kier molecular flexibility index (Phi) is 5.75. The topological polar surface area (TPSA) is 68.8 Å². The molecule has 0 saturated carbocycles. The maximum Gasteiger partial charge on any atom is 0.317 e. The van der Waals surface area contributed by atoms with Crippen LogP contribution in [0, 0.1) is 10.8 Å². The highest BCUT2D eigenvalue weighted by atomic mass is 16.2. The van der Waals surface area contributed by atoms with E-state index in [1.54, 1.807) is 6.20 Å². The van der Waals surface area contributed by atoms with Crippen LogP contribution in [-0.2, 0) is 11.3 Å². The number of nitrogens with one attached hydrogen (secondary N) is 1. The van der Waals surface area contributed by atoms with Gasteiger partial charge in [0.05, 0.1) is 5.41 Å². The average Bonchev–Trinajstić information content (AvgIpc) is 3.20. The van der Waals surface area contributed by atoms with Gasteiger partial charge >= 0.3 is 6.03 Å². The van der Waals surface area contributed by atoms with Crippen molar-refractivity contribution < 1.29 is 9.59 Å². The van der Waals surface area contributed by atoms with Gasteiger partial charge in [0.25, 0.3) is 0 Å². The number of carbonyl (C=O) groups excluding carboxylic acids is 2. The highest BCUT2D eigenvalue weighted by Crippen LogP contribution is 2.58. The number of pyridine rings is 1. The Balaban J connectivity index is 1.55. The summed E-state index contributed by atoms with van der Waals surface area (Å²) in [6, 6.07) is 4.24. The van der Waals surface area contributed by atoms with Crippen molar-refractivity contribution in [1.29, 1.82) is 0 Å². The molecule has 4 heterocycles. The summed E-state index contributed by atoms with van der Waals surface area (Å²) in [4.78, 5) is 36.8. The summed E-state index contributed by atoms with van der Waals surface area (Å²) in [5, 5.41) is 3.01. The molecule has 3 aliphatic rings. The summed E-state index contributed by atoms with van der Waals surface area (Å²) in [7, 11) is 0. The molecule has 164 valence electrons. The number of rotatable bonds is 4. The first-order valence-electron chi connectivity index (χ1n) is 11.4. The normalized spacial score (nSPS) is 26.3. The molecule has 4 rings (SSSR count). The Hall–Kier alpha value is -2.15. The van der Waals surface area contributed by atoms with Gasteiger partial charge in [-0.3, -0.25) is 14.7 Å². The van der Waals surface area contributed by atoms with E-state index in [9.17, 15) is 9.59 Å². The third kappa shape index (κ3) is 3.57. The number of amides is 3. The van der Waals surface area contributed by atoms with Crippen molar-refractivity contribution in [3.05, 3.63) is 30.1 Å². The number of carbonyl (C=O) groups is 2. The van der Waals surface area contributed by atoms with Crippen molar-refractivity contribution in [2.24, 2.45) is 10.8 Å². The van der Waals surface area contributed by atoms with Gasteiger partial charge < -0.3 is 15.1 Å². The van der Waals surface area contributed by atoms with E-state index in [2.05, 4.69) is 28.2 Å². The summed E-state index contributed by atoms with van der Waals surface area (Å²) < 4.78 is 0. The second-order valence-electron chi connectivity index (χ2n) is 9.59. The zero-order valence-electron chi connectivity index (χ0n) is 18.6. The molecule has 7 heteroatoms. The smallest absolute Gasteiger partial charge is 0.317 e. The number of hydrogen-bond donors (Lipinski definition) is 1. The van der Waals surface area contributed by atoms with Gasteiger partial charge in [-0.1, -0.05) is 6.07 Å². The molecule has 30 heavy (non-hydrogen) atoms. The summed E-state index contributed by atoms with van der Waals surface area (Å²) in [6.45, 7) is 11.7. The number of aromatic nitrogens is 1. The first-order valence-corrected chi connectivity index (χ1v) is 11.4. The van der Waals surface area contributed by atoms with Crippen LogP contribution < -0.4 is 5.32 Å². The van der Waals surface area contributed by atoms with Crippen molar-refractivity contribution in [3.63, 3.8) is 0 Å². The third-order valence-corrected chi connectivity index (χ3v) is 7.47. The van der Waals surface area contributed by atoms with Gasteiger partial charge in [-0.15, -0.1) is 0 Å². The fourth-order valence-electron chi connectivity index (χ4n) is 5.94. The lowest BCUT2D eigenvalue weighted by Crippen LogP contribution is -2.55. The van der Waals surface area contributed by atoms with Crippen LogP contribution in [0.25, 0.3) is 0 Å². The van der Waals surface area contributed by atoms with Crippen LogP contribution in [0.15, 0.2) is 24.5 Å². The van der Waals surface area contributed by atoms with Crippen LogP contribution in [0.5, 0.6) is 0 Å². The molecule has 1 aromatic rings. The van der Waals surface area contributed by atoms with Gasteiger partial charge in [0.2, 0.25) is 5.91 Å². The molecule has 3 amide bonds. The zero-order valence-corrected chi connectivity index (χ0v) is 18.6. The maximum absolute atomic E-state index is 13.6. The third-order valence-electron chi connectivity index (χ3n) is 7.47. The lowest BCUT2D eigenvalue weighted by atomic mass is 9.60. The second-order valence-corrected chi connectivity index (χ2v) is 9.59. The van der Waals surface area contributed by atoms with Crippen LogP contribution in [0.4, 0.5) is 4.79 Å². The summed E-state index contributed by atoms with van der Waals surface area (Å²) >= 11 is 0. The second kappa shape index (κ2) is 8.17. The van der Waals surface area contributed by atoms with Gasteiger partial charge in [-0.2, -0.15) is 0 Å². The molecule has 1 aromatic heterocycles. The number of nitrogens with zero attached hydrogens (tertiary/aromatic N) is 4. The quantitative estimate of drug-likeness (QED) is 0.823. The fraction of sp³-hybridized carbons (Fsp3) is 0.696. The maximum atomic E-state index is 13.6. The van der Waals surface area contributed by atoms with Crippen LogP contribution >= 0.6 is 0 Å². The van der Waals surface area contributed by atoms with E-state index in [1.165, 1.54) is 5.56 Å². The number of piperidine rings is 1. The van der Waals surface area contributed by atoms with Gasteiger partial charge in [-0.25, -0.2) is 4.79 Å². The fourth-order valence-corrected chi connectivity index (χ4v) is 5.94. The molecule has 0 aromatic carbocycles. The first-order chi connectivity index (χ1) is 14.4. The van der Waals surface area contributed by atoms with Gasteiger partial charge in [0, 0.05) is 69.7 Å². The van der Waals surface area contributed by atoms with E-state index in [0.29, 0.717) is 5.91 Å². The molecule has 2 spiro atoms. The molecular weight excluding hydrogens is 378 g/mol. The highest BCUT2D eigenvalue weighted by molar-refractivity contribution is 5.87. The average molecular weight is 414 g/mol. The Labute approximate surface area is 179 Å². The van der Waals surface area contributed by atoms with E-state index in [1.807, 2.05) is 35.9 Å². The van der Waals surface area contributed by atoms with Crippen LogP contribution in [0.1, 0.15) is 45.6 Å². The van der Waals surface area contributed by atoms with Crippen molar-refractivity contribution in [1.82, 2.24) is 25.0 Å². The van der Waals surface area contributed by atoms with E-state index >= 15 is 0 Å². The molecular formula is C23H35N5O2. The van der Waals surface area contributed by atoms with Crippen molar-refractivity contribution in [2.45, 2.75) is 52.6 Å². The summed E-state index contributed by atoms with van der Waals surface area (Å²) in [5.41, 5.74) is 0.827. The Morgan fingerprint density at radius 1 is 1.20 bits per heavy atom. The molecule has 1 N–H and O–H groups in total. The Bertz CT molecular complexity index is 775. The van der Waals surface area contributed by atoms with Gasteiger partial charge in [0.1, 0.15) is 0 Å². The molecule has 0 bridgehead atoms. The summed E-state index contributed by atoms with van der Waals surface area (Å²) in [6.07, 6.45) is 6.44. The molecule has 3 aliphatic heterocycles. The lowest BCUT2D eigenvalue weighted by molar-refractivity contribution is -0.141. The van der Waals surface area contributed by atoms with E-state index in [-0.39, 0.29) is 22.9 Å². The van der Waals surface area contributed by atoms with Crippen molar-refractivity contribution in [3.8, 4) is 0 Å². The lowest BCUT2D eigenvalue weighted by Gasteiger charge is -2.47. The first kappa shape index (κ1) is 21.1. The molecule has 1 atom stereocenters. The van der Waals surface area contributed by atoms with E-state index in [0.717, 1.165) is 65.1 Å². The molecule has 0 radical (unpaired) electrons. The predicted octanol–water partition coefficient (Wildman–Crippen LogP) is 2.34. The number of likely N-dealkylation sites (tertiary alicyclic amines) is 3. The molecule has 0 aliphatic carbocycles. The molecule has 3 saturated heterocycles. The molecule has 7 nitrogen and oxygen atoms in total. The number of fused-ring (bicyclic) bond motifs is 1.